The van der Waals surface area contributed by atoms with E-state index < -0.39 is 0 Å². The van der Waals surface area contributed by atoms with Crippen molar-refractivity contribution < 1.29 is 4.74 Å². The van der Waals surface area contributed by atoms with Gasteiger partial charge in [-0.15, -0.1) is 0 Å². The Morgan fingerprint density at radius 3 is 2.87 bits per heavy atom. The van der Waals surface area contributed by atoms with Crippen LogP contribution in [0.2, 0.25) is 0 Å². The molecule has 0 atom stereocenters. The Labute approximate surface area is 135 Å². The highest BCUT2D eigenvalue weighted by molar-refractivity contribution is 5.48. The summed E-state index contributed by atoms with van der Waals surface area (Å²) in [5.74, 6) is 1.96. The third-order valence-electron chi connectivity index (χ3n) is 3.97. The number of nitrogens with two attached hydrogens (primary N) is 1. The van der Waals surface area contributed by atoms with E-state index in [2.05, 4.69) is 20.9 Å². The van der Waals surface area contributed by atoms with Crippen LogP contribution in [-0.4, -0.2) is 29.2 Å². The van der Waals surface area contributed by atoms with Gasteiger partial charge >= 0.3 is 0 Å². The van der Waals surface area contributed by atoms with Gasteiger partial charge in [0.15, 0.2) is 0 Å². The lowest BCUT2D eigenvalue weighted by Gasteiger charge is -2.33. The summed E-state index contributed by atoms with van der Waals surface area (Å²) in [5.41, 5.74) is 7.34. The van der Waals surface area contributed by atoms with Crippen LogP contribution in [0.1, 0.15) is 24.0 Å². The van der Waals surface area contributed by atoms with Crippen molar-refractivity contribution in [3.63, 3.8) is 0 Å². The molecule has 0 radical (unpaired) electrons. The normalized spacial score (nSPS) is 15.2. The molecule has 2 aromatic rings. The van der Waals surface area contributed by atoms with E-state index in [-0.39, 0.29) is 6.10 Å². The zero-order valence-corrected chi connectivity index (χ0v) is 13.1. The summed E-state index contributed by atoms with van der Waals surface area (Å²) in [4.78, 5) is 10.6. The Bertz CT molecular complexity index is 732. The third kappa shape index (κ3) is 3.51. The first kappa shape index (κ1) is 15.1. The summed E-state index contributed by atoms with van der Waals surface area (Å²) in [5, 5.41) is 8.94. The number of piperidine rings is 1. The van der Waals surface area contributed by atoms with Crippen LogP contribution in [0.5, 0.6) is 5.75 Å². The molecule has 0 saturated carbocycles. The maximum absolute atomic E-state index is 8.94. The van der Waals surface area contributed by atoms with Crippen LogP contribution in [0.4, 0.5) is 11.8 Å². The number of nitriles is 1. The number of nitrogens with zero attached hydrogens (tertiary/aromatic N) is 4. The SMILES string of the molecule is Cc1cnc(N)nc1N1CCC(Oc2cccc(C#N)c2)CC1. The third-order valence-corrected chi connectivity index (χ3v) is 3.97. The van der Waals surface area contributed by atoms with E-state index in [9.17, 15) is 0 Å². The average molecular weight is 309 g/mol. The lowest BCUT2D eigenvalue weighted by Crippen LogP contribution is -2.39. The van der Waals surface area contributed by atoms with Gasteiger partial charge in [0.25, 0.3) is 0 Å². The van der Waals surface area contributed by atoms with Crippen molar-refractivity contribution in [2.75, 3.05) is 23.7 Å². The molecule has 23 heavy (non-hydrogen) atoms. The number of aromatic nitrogens is 2. The van der Waals surface area contributed by atoms with Crippen molar-refractivity contribution in [1.29, 1.82) is 5.26 Å². The summed E-state index contributed by atoms with van der Waals surface area (Å²) >= 11 is 0. The number of anilines is 2. The van der Waals surface area contributed by atoms with Crippen LogP contribution in [0, 0.1) is 18.3 Å². The lowest BCUT2D eigenvalue weighted by molar-refractivity contribution is 0.170. The summed E-state index contributed by atoms with van der Waals surface area (Å²) in [7, 11) is 0. The Kier molecular flexibility index (Phi) is 4.29. The Morgan fingerprint density at radius 2 is 2.13 bits per heavy atom. The van der Waals surface area contributed by atoms with E-state index in [0.29, 0.717) is 11.5 Å². The highest BCUT2D eigenvalue weighted by Crippen LogP contribution is 2.24. The number of benzene rings is 1. The molecule has 3 rings (SSSR count). The maximum Gasteiger partial charge on any atom is 0.221 e. The molecule has 1 fully saturated rings. The molecule has 2 heterocycles. The predicted molar refractivity (Wildman–Crippen MR) is 88.2 cm³/mol. The predicted octanol–water partition coefficient (Wildman–Crippen LogP) is 2.29. The molecule has 0 unspecified atom stereocenters. The highest BCUT2D eigenvalue weighted by Gasteiger charge is 2.22. The fourth-order valence-electron chi connectivity index (χ4n) is 2.78. The van der Waals surface area contributed by atoms with E-state index in [1.54, 1.807) is 18.3 Å². The molecular formula is C17H19N5O. The molecule has 1 saturated heterocycles. The minimum atomic E-state index is 0.152. The Hall–Kier alpha value is -2.81. The molecule has 1 aromatic heterocycles. The van der Waals surface area contributed by atoms with E-state index in [0.717, 1.165) is 43.1 Å². The van der Waals surface area contributed by atoms with Crippen molar-refractivity contribution in [1.82, 2.24) is 9.97 Å². The van der Waals surface area contributed by atoms with E-state index in [4.69, 9.17) is 15.7 Å². The van der Waals surface area contributed by atoms with Gasteiger partial charge in [-0.2, -0.15) is 10.2 Å². The minimum Gasteiger partial charge on any atom is -0.490 e. The van der Waals surface area contributed by atoms with E-state index in [1.807, 2.05) is 19.1 Å². The summed E-state index contributed by atoms with van der Waals surface area (Å²) in [6, 6.07) is 9.42. The van der Waals surface area contributed by atoms with Gasteiger partial charge < -0.3 is 15.4 Å². The quantitative estimate of drug-likeness (QED) is 0.936. The standard InChI is InChI=1S/C17H19N5O/c1-12-11-20-17(19)21-16(12)22-7-5-14(6-8-22)23-15-4-2-3-13(9-15)10-18/h2-4,9,11,14H,5-8H2,1H3,(H2,19,20,21). The van der Waals surface area contributed by atoms with Crippen molar-refractivity contribution in [2.45, 2.75) is 25.9 Å². The molecule has 6 nitrogen and oxygen atoms in total. The van der Waals surface area contributed by atoms with Crippen LogP contribution in [0.25, 0.3) is 0 Å². The number of hydrogen-bond donors (Lipinski definition) is 1. The molecule has 118 valence electrons. The molecule has 0 bridgehead atoms. The van der Waals surface area contributed by atoms with E-state index >= 15 is 0 Å². The van der Waals surface area contributed by atoms with E-state index in [1.165, 1.54) is 0 Å². The molecule has 2 N–H and O–H groups in total. The molecular weight excluding hydrogens is 290 g/mol. The minimum absolute atomic E-state index is 0.152. The van der Waals surface area contributed by atoms with Gasteiger partial charge in [-0.1, -0.05) is 6.07 Å². The smallest absolute Gasteiger partial charge is 0.221 e. The van der Waals surface area contributed by atoms with Crippen LogP contribution < -0.4 is 15.4 Å². The second-order valence-corrected chi connectivity index (χ2v) is 5.68. The monoisotopic (exact) mass is 309 g/mol. The summed E-state index contributed by atoms with van der Waals surface area (Å²) in [6.07, 6.45) is 3.72. The zero-order chi connectivity index (χ0) is 16.2. The van der Waals surface area contributed by atoms with Gasteiger partial charge in [-0.05, 0) is 25.1 Å². The second-order valence-electron chi connectivity index (χ2n) is 5.68. The van der Waals surface area contributed by atoms with Gasteiger partial charge in [0.1, 0.15) is 17.7 Å². The zero-order valence-electron chi connectivity index (χ0n) is 13.1. The molecule has 6 heteroatoms. The number of nitrogen functional groups attached to an aromatic ring is 1. The first-order valence-corrected chi connectivity index (χ1v) is 7.66. The van der Waals surface area contributed by atoms with Gasteiger partial charge in [0, 0.05) is 37.7 Å². The largest absolute Gasteiger partial charge is 0.490 e. The first-order chi connectivity index (χ1) is 11.2. The molecule has 1 aliphatic rings. The molecule has 1 aliphatic heterocycles. The first-order valence-electron chi connectivity index (χ1n) is 7.66. The molecule has 0 amide bonds. The van der Waals surface area contributed by atoms with Crippen molar-refractivity contribution >= 4 is 11.8 Å². The molecule has 0 spiro atoms. The molecule has 1 aromatic carbocycles. The highest BCUT2D eigenvalue weighted by atomic mass is 16.5. The van der Waals surface area contributed by atoms with Gasteiger partial charge in [-0.25, -0.2) is 4.98 Å². The fraction of sp³-hybridized carbons (Fsp3) is 0.353. The van der Waals surface area contributed by atoms with Crippen molar-refractivity contribution in [2.24, 2.45) is 0 Å². The van der Waals surface area contributed by atoms with Crippen LogP contribution in [-0.2, 0) is 0 Å². The van der Waals surface area contributed by atoms with Gasteiger partial charge in [-0.3, -0.25) is 0 Å². The van der Waals surface area contributed by atoms with Crippen LogP contribution in [0.3, 0.4) is 0 Å². The Balaban J connectivity index is 1.62. The second kappa shape index (κ2) is 6.53. The number of aryl methyl sites for hydroxylation is 1. The van der Waals surface area contributed by atoms with Crippen molar-refractivity contribution in [3.8, 4) is 11.8 Å². The van der Waals surface area contributed by atoms with Crippen molar-refractivity contribution in [3.05, 3.63) is 41.6 Å². The maximum atomic E-state index is 8.94. The van der Waals surface area contributed by atoms with Gasteiger partial charge in [0.05, 0.1) is 11.6 Å². The van der Waals surface area contributed by atoms with Crippen LogP contribution in [0.15, 0.2) is 30.5 Å². The number of hydrogen-bond acceptors (Lipinski definition) is 6. The number of rotatable bonds is 3. The van der Waals surface area contributed by atoms with Crippen LogP contribution >= 0.6 is 0 Å². The summed E-state index contributed by atoms with van der Waals surface area (Å²) < 4.78 is 6.00. The topological polar surface area (TPSA) is 88.1 Å². The fourth-order valence-corrected chi connectivity index (χ4v) is 2.78. The summed E-state index contributed by atoms with van der Waals surface area (Å²) in [6.45, 7) is 3.71. The van der Waals surface area contributed by atoms with Gasteiger partial charge in [0.2, 0.25) is 5.95 Å². The molecule has 0 aliphatic carbocycles. The Morgan fingerprint density at radius 1 is 1.35 bits per heavy atom. The number of ether oxygens (including phenoxy) is 1. The lowest BCUT2D eigenvalue weighted by atomic mass is 10.1. The average Bonchev–Trinajstić information content (AvgIpc) is 2.58.